The van der Waals surface area contributed by atoms with E-state index in [-0.39, 0.29) is 12.5 Å². The Bertz CT molecular complexity index is 476. The van der Waals surface area contributed by atoms with Gasteiger partial charge in [-0.25, -0.2) is 4.90 Å². The van der Waals surface area contributed by atoms with Crippen molar-refractivity contribution in [2.75, 3.05) is 11.4 Å². The van der Waals surface area contributed by atoms with Gasteiger partial charge in [-0.05, 0) is 12.1 Å². The van der Waals surface area contributed by atoms with Gasteiger partial charge >= 0.3 is 0 Å². The van der Waals surface area contributed by atoms with E-state index in [9.17, 15) is 9.59 Å². The predicted molar refractivity (Wildman–Crippen MR) is 51.9 cm³/mol. The highest BCUT2D eigenvalue weighted by molar-refractivity contribution is 6.10. The second kappa shape index (κ2) is 3.42. The zero-order valence-corrected chi connectivity index (χ0v) is 7.73. The highest BCUT2D eigenvalue weighted by Crippen LogP contribution is 2.21. The van der Waals surface area contributed by atoms with Crippen LogP contribution in [0.3, 0.4) is 0 Å². The number of nitriles is 1. The van der Waals surface area contributed by atoms with E-state index in [1.54, 1.807) is 30.5 Å². The molecule has 0 bridgehead atoms. The summed E-state index contributed by atoms with van der Waals surface area (Å²) in [5, 5.41) is 11.3. The van der Waals surface area contributed by atoms with Gasteiger partial charge in [0.2, 0.25) is 0 Å². The molecule has 15 heavy (non-hydrogen) atoms. The van der Waals surface area contributed by atoms with Crippen LogP contribution in [0.2, 0.25) is 0 Å². The van der Waals surface area contributed by atoms with E-state index in [0.29, 0.717) is 11.3 Å². The molecule has 1 aromatic carbocycles. The summed E-state index contributed by atoms with van der Waals surface area (Å²) in [6.07, 6.45) is 1.76. The molecule has 1 aliphatic rings. The number of hydrogen-bond donors (Lipinski definition) is 1. The summed E-state index contributed by atoms with van der Waals surface area (Å²) in [6.45, 7) is -0.152. The number of benzene rings is 1. The lowest BCUT2D eigenvalue weighted by Crippen LogP contribution is -2.33. The van der Waals surface area contributed by atoms with E-state index in [4.69, 9.17) is 5.26 Å². The molecule has 1 aromatic rings. The third-order valence-corrected chi connectivity index (χ3v) is 2.14. The lowest BCUT2D eigenvalue weighted by atomic mass is 10.1. The number of nitrogens with one attached hydrogen (secondary N) is 1. The quantitative estimate of drug-likeness (QED) is 0.611. The van der Waals surface area contributed by atoms with Crippen LogP contribution >= 0.6 is 0 Å². The molecule has 2 rings (SSSR count). The maximum atomic E-state index is 11.5. The van der Waals surface area contributed by atoms with Gasteiger partial charge in [-0.3, -0.25) is 9.59 Å². The Morgan fingerprint density at radius 3 is 2.80 bits per heavy atom. The fraction of sp³-hybridized carbons (Fsp3) is 0.100. The third-order valence-electron chi connectivity index (χ3n) is 2.14. The van der Waals surface area contributed by atoms with Gasteiger partial charge < -0.3 is 5.32 Å². The van der Waals surface area contributed by atoms with Gasteiger partial charge in [0, 0.05) is 0 Å². The highest BCUT2D eigenvalue weighted by atomic mass is 16.2. The van der Waals surface area contributed by atoms with E-state index >= 15 is 0 Å². The SMILES string of the molecule is N#CN1C(=O)CNC(=O)c2ccccc21. The van der Waals surface area contributed by atoms with Gasteiger partial charge in [0.1, 0.15) is 0 Å². The molecule has 0 saturated carbocycles. The maximum absolute atomic E-state index is 11.5. The van der Waals surface area contributed by atoms with Gasteiger partial charge in [0.25, 0.3) is 11.8 Å². The highest BCUT2D eigenvalue weighted by Gasteiger charge is 2.25. The number of amides is 2. The number of rotatable bonds is 0. The van der Waals surface area contributed by atoms with Gasteiger partial charge in [-0.1, -0.05) is 12.1 Å². The fourth-order valence-corrected chi connectivity index (χ4v) is 1.43. The molecular formula is C10H7N3O2. The number of hydrogen-bond acceptors (Lipinski definition) is 3. The first-order valence-corrected chi connectivity index (χ1v) is 4.34. The second-order valence-corrected chi connectivity index (χ2v) is 3.03. The number of anilines is 1. The molecule has 0 fully saturated rings. The van der Waals surface area contributed by atoms with E-state index in [2.05, 4.69) is 5.32 Å². The molecule has 0 atom stereocenters. The molecule has 74 valence electrons. The molecule has 1 heterocycles. The number of carbonyl (C=O) groups is 2. The van der Waals surface area contributed by atoms with Crippen molar-refractivity contribution in [1.29, 1.82) is 5.26 Å². The van der Waals surface area contributed by atoms with Crippen LogP contribution in [0.1, 0.15) is 10.4 Å². The minimum absolute atomic E-state index is 0.152. The average Bonchev–Trinajstić information content (AvgIpc) is 2.38. The molecule has 1 N–H and O–H groups in total. The summed E-state index contributed by atoms with van der Waals surface area (Å²) < 4.78 is 0. The molecule has 1 aliphatic heterocycles. The third kappa shape index (κ3) is 1.42. The van der Waals surface area contributed by atoms with Gasteiger partial charge in [0.05, 0.1) is 17.8 Å². The van der Waals surface area contributed by atoms with E-state index in [1.165, 1.54) is 0 Å². The van der Waals surface area contributed by atoms with E-state index < -0.39 is 5.91 Å². The van der Waals surface area contributed by atoms with Crippen LogP contribution in [0.4, 0.5) is 5.69 Å². The van der Waals surface area contributed by atoms with Gasteiger partial charge in [-0.2, -0.15) is 5.26 Å². The summed E-state index contributed by atoms with van der Waals surface area (Å²) in [5.74, 6) is -0.771. The molecule has 0 spiro atoms. The van der Waals surface area contributed by atoms with Crippen molar-refractivity contribution in [3.8, 4) is 6.19 Å². The summed E-state index contributed by atoms with van der Waals surface area (Å²) in [6, 6.07) is 6.51. The first-order valence-electron chi connectivity index (χ1n) is 4.34. The first-order chi connectivity index (χ1) is 7.24. The van der Waals surface area contributed by atoms with Crippen molar-refractivity contribution >= 4 is 17.5 Å². The summed E-state index contributed by atoms with van der Waals surface area (Å²) in [7, 11) is 0. The minimum Gasteiger partial charge on any atom is -0.343 e. The smallest absolute Gasteiger partial charge is 0.259 e. The van der Waals surface area contributed by atoms with E-state index in [0.717, 1.165) is 4.90 Å². The Morgan fingerprint density at radius 1 is 1.33 bits per heavy atom. The van der Waals surface area contributed by atoms with Crippen molar-refractivity contribution in [1.82, 2.24) is 5.32 Å². The predicted octanol–water partition coefficient (Wildman–Crippen LogP) is 0.244. The molecule has 0 unspecified atom stereocenters. The largest absolute Gasteiger partial charge is 0.343 e. The average molecular weight is 201 g/mol. The Balaban J connectivity index is 2.61. The maximum Gasteiger partial charge on any atom is 0.259 e. The molecule has 5 nitrogen and oxygen atoms in total. The topological polar surface area (TPSA) is 73.2 Å². The van der Waals surface area contributed by atoms with E-state index in [1.807, 2.05) is 0 Å². The van der Waals surface area contributed by atoms with Gasteiger partial charge in [0.15, 0.2) is 6.19 Å². The molecule has 0 aromatic heterocycles. The number of fused-ring (bicyclic) bond motifs is 1. The van der Waals surface area contributed by atoms with Crippen LogP contribution in [0.15, 0.2) is 24.3 Å². The van der Waals surface area contributed by atoms with Crippen LogP contribution in [-0.2, 0) is 4.79 Å². The molecule has 0 radical (unpaired) electrons. The first kappa shape index (κ1) is 9.21. The zero-order chi connectivity index (χ0) is 10.8. The van der Waals surface area contributed by atoms with Crippen molar-refractivity contribution in [2.24, 2.45) is 0 Å². The summed E-state index contributed by atoms with van der Waals surface area (Å²) in [4.78, 5) is 23.9. The summed E-state index contributed by atoms with van der Waals surface area (Å²) >= 11 is 0. The Morgan fingerprint density at radius 2 is 2.07 bits per heavy atom. The lowest BCUT2D eigenvalue weighted by Gasteiger charge is -2.11. The Kier molecular flexibility index (Phi) is 2.10. The van der Waals surface area contributed by atoms with Crippen molar-refractivity contribution < 1.29 is 9.59 Å². The van der Waals surface area contributed by atoms with Crippen molar-refractivity contribution in [3.63, 3.8) is 0 Å². The normalized spacial score (nSPS) is 15.0. The monoisotopic (exact) mass is 201 g/mol. The van der Waals surface area contributed by atoms with Crippen LogP contribution in [0.25, 0.3) is 0 Å². The molecule has 5 heteroatoms. The Labute approximate surface area is 85.9 Å². The molecule has 2 amide bonds. The van der Waals surface area contributed by atoms with Crippen LogP contribution < -0.4 is 10.2 Å². The molecule has 0 saturated heterocycles. The van der Waals surface area contributed by atoms with Crippen LogP contribution in [0.5, 0.6) is 0 Å². The van der Waals surface area contributed by atoms with Crippen LogP contribution in [-0.4, -0.2) is 18.4 Å². The van der Waals surface area contributed by atoms with Gasteiger partial charge in [-0.15, -0.1) is 0 Å². The number of nitrogens with zero attached hydrogens (tertiary/aromatic N) is 2. The standard InChI is InChI=1S/C10H7N3O2/c11-6-13-8-4-2-1-3-7(8)10(15)12-5-9(13)14/h1-4H,5H2,(H,12,15). The van der Waals surface area contributed by atoms with Crippen molar-refractivity contribution in [2.45, 2.75) is 0 Å². The molecular weight excluding hydrogens is 194 g/mol. The number of para-hydroxylation sites is 1. The van der Waals surface area contributed by atoms with Crippen LogP contribution in [0, 0.1) is 11.5 Å². The Hall–Kier alpha value is -2.35. The van der Waals surface area contributed by atoms with Crippen molar-refractivity contribution in [3.05, 3.63) is 29.8 Å². The summed E-state index contributed by atoms with van der Waals surface area (Å²) in [5.41, 5.74) is 0.671. The fourth-order valence-electron chi connectivity index (χ4n) is 1.43. The molecule has 0 aliphatic carbocycles. The minimum atomic E-state index is -0.434. The second-order valence-electron chi connectivity index (χ2n) is 3.03. The number of carbonyl (C=O) groups excluding carboxylic acids is 2. The lowest BCUT2D eigenvalue weighted by molar-refractivity contribution is -0.116. The zero-order valence-electron chi connectivity index (χ0n) is 7.73.